The minimum Gasteiger partial charge on any atom is -0.501 e. The van der Waals surface area contributed by atoms with Gasteiger partial charge in [-0.2, -0.15) is 0 Å². The first-order valence-electron chi connectivity index (χ1n) is 17.9. The van der Waals surface area contributed by atoms with Crippen molar-refractivity contribution in [3.05, 3.63) is 70.6 Å². The van der Waals surface area contributed by atoms with Crippen molar-refractivity contribution >= 4 is 5.78 Å². The summed E-state index contributed by atoms with van der Waals surface area (Å²) in [5.74, 6) is 8.51. The molecule has 2 N–H and O–H groups in total. The van der Waals surface area contributed by atoms with E-state index in [1.807, 2.05) is 6.08 Å². The summed E-state index contributed by atoms with van der Waals surface area (Å²) < 4.78 is 5.49. The van der Waals surface area contributed by atoms with Crippen LogP contribution in [0, 0.1) is 70.0 Å². The first kappa shape index (κ1) is 32.5. The highest BCUT2D eigenvalue weighted by atomic mass is 16.5. The van der Waals surface area contributed by atoms with E-state index in [1.165, 1.54) is 11.1 Å². The lowest BCUT2D eigenvalue weighted by Gasteiger charge is -2.53. The molecule has 0 saturated heterocycles. The molecule has 0 aromatic heterocycles. The maximum atomic E-state index is 11.8. The van der Waals surface area contributed by atoms with Crippen molar-refractivity contribution in [2.24, 2.45) is 45.3 Å². The number of aliphatic hydroxyl groups is 2. The zero-order valence-corrected chi connectivity index (χ0v) is 29.0. The summed E-state index contributed by atoms with van der Waals surface area (Å²) in [6, 6.07) is 0. The van der Waals surface area contributed by atoms with Crippen molar-refractivity contribution < 1.29 is 19.7 Å². The summed E-state index contributed by atoms with van der Waals surface area (Å²) in [7, 11) is 1.77. The van der Waals surface area contributed by atoms with Crippen LogP contribution in [0.2, 0.25) is 0 Å². The summed E-state index contributed by atoms with van der Waals surface area (Å²) in [4.78, 5) is 11.8. The standard InChI is InChI=1S/C22H28O2.C21H24O2/c1-5-22(23)13-10-19-17-7-6-15-14-16(24-4)8-11-20(15,2)18(17)9-12-21(19,22)3;1-4-21(23)12-9-18-16-6-5-14-13-15(22)7-10-19(14,2)17(16)8-11-20(18,21)3/h1,6,9,14,17,19,23H,7-8,10-13H2,2-4H3;1,5-6,8,13,16,18,23H,7,9-12H2,2-3H3/t17?,19?,20-,21-,22-;16?,18?,19-,20-,21-/m00/s1. The average Bonchev–Trinajstić information content (AvgIpc) is 3.50. The molecule has 8 rings (SSSR count). The van der Waals surface area contributed by atoms with E-state index in [-0.39, 0.29) is 27.4 Å². The zero-order valence-electron chi connectivity index (χ0n) is 29.0. The first-order chi connectivity index (χ1) is 22.2. The monoisotopic (exact) mass is 632 g/mol. The van der Waals surface area contributed by atoms with E-state index < -0.39 is 11.2 Å². The molecule has 248 valence electrons. The van der Waals surface area contributed by atoms with E-state index in [4.69, 9.17) is 17.6 Å². The molecular weight excluding hydrogens is 580 g/mol. The molecule has 4 nitrogen and oxygen atoms in total. The van der Waals surface area contributed by atoms with Crippen LogP contribution in [0.15, 0.2) is 70.6 Å². The maximum absolute atomic E-state index is 11.8. The number of carbonyl (C=O) groups excluding carboxylic acids is 1. The molecule has 2 fully saturated rings. The molecule has 8 aliphatic rings. The van der Waals surface area contributed by atoms with Gasteiger partial charge in [-0.3, -0.25) is 4.79 Å². The number of hydrogen-bond donors (Lipinski definition) is 2. The molecule has 4 unspecified atom stereocenters. The first-order valence-corrected chi connectivity index (χ1v) is 17.9. The van der Waals surface area contributed by atoms with Gasteiger partial charge < -0.3 is 14.9 Å². The van der Waals surface area contributed by atoms with Crippen LogP contribution in [-0.4, -0.2) is 34.3 Å². The molecule has 2 saturated carbocycles. The highest BCUT2D eigenvalue weighted by Crippen LogP contribution is 2.66. The van der Waals surface area contributed by atoms with Crippen LogP contribution in [0.4, 0.5) is 0 Å². The lowest BCUT2D eigenvalue weighted by molar-refractivity contribution is -0.115. The molecule has 0 aliphatic heterocycles. The zero-order chi connectivity index (χ0) is 33.6. The van der Waals surface area contributed by atoms with Gasteiger partial charge in [0.1, 0.15) is 11.2 Å². The fourth-order valence-corrected chi connectivity index (χ4v) is 11.6. The molecule has 0 bridgehead atoms. The topological polar surface area (TPSA) is 66.8 Å². The predicted molar refractivity (Wildman–Crippen MR) is 186 cm³/mol. The number of terminal acetylenes is 2. The Morgan fingerprint density at radius 3 is 2.04 bits per heavy atom. The minimum atomic E-state index is -0.993. The van der Waals surface area contributed by atoms with E-state index >= 15 is 0 Å². The molecule has 0 aromatic carbocycles. The number of ketones is 1. The Morgan fingerprint density at radius 1 is 0.787 bits per heavy atom. The normalized spacial score (nSPS) is 47.2. The second-order valence-corrected chi connectivity index (χ2v) is 16.8. The number of rotatable bonds is 1. The van der Waals surface area contributed by atoms with Gasteiger partial charge in [0.05, 0.1) is 12.9 Å². The fraction of sp³-hybridized carbons (Fsp3) is 0.605. The van der Waals surface area contributed by atoms with Crippen molar-refractivity contribution in [3.63, 3.8) is 0 Å². The molecular formula is C43H52O4. The van der Waals surface area contributed by atoms with Gasteiger partial charge in [-0.05, 0) is 98.8 Å². The third-order valence-electron chi connectivity index (χ3n) is 15.1. The Kier molecular flexibility index (Phi) is 7.41. The molecule has 4 heteroatoms. The van der Waals surface area contributed by atoms with Crippen molar-refractivity contribution in [1.82, 2.24) is 0 Å². The largest absolute Gasteiger partial charge is 0.501 e. The van der Waals surface area contributed by atoms with E-state index in [9.17, 15) is 15.0 Å². The average molecular weight is 633 g/mol. The highest BCUT2D eigenvalue weighted by Gasteiger charge is 2.62. The van der Waals surface area contributed by atoms with Gasteiger partial charge in [-0.15, -0.1) is 12.8 Å². The van der Waals surface area contributed by atoms with E-state index in [0.29, 0.717) is 36.5 Å². The predicted octanol–water partition coefficient (Wildman–Crippen LogP) is 7.95. The van der Waals surface area contributed by atoms with Gasteiger partial charge in [-0.25, -0.2) is 0 Å². The molecule has 0 heterocycles. The Balaban J connectivity index is 0.000000150. The summed E-state index contributed by atoms with van der Waals surface area (Å²) in [6.07, 6.45) is 36.9. The van der Waals surface area contributed by atoms with E-state index in [0.717, 1.165) is 69.1 Å². The Bertz CT molecular complexity index is 1670. The van der Waals surface area contributed by atoms with Gasteiger partial charge in [0.2, 0.25) is 0 Å². The lowest BCUT2D eigenvalue weighted by Crippen LogP contribution is -2.49. The number of methoxy groups -OCH3 is 1. The van der Waals surface area contributed by atoms with E-state index in [1.54, 1.807) is 12.7 Å². The summed E-state index contributed by atoms with van der Waals surface area (Å²) >= 11 is 0. The smallest absolute Gasteiger partial charge is 0.156 e. The number of carbonyl (C=O) groups is 1. The van der Waals surface area contributed by atoms with Gasteiger partial charge in [-0.1, -0.05) is 81.1 Å². The molecule has 0 radical (unpaired) electrons. The second-order valence-electron chi connectivity index (χ2n) is 16.8. The van der Waals surface area contributed by atoms with Crippen molar-refractivity contribution in [3.8, 4) is 24.7 Å². The minimum absolute atomic E-state index is 0.0223. The van der Waals surface area contributed by atoms with Crippen LogP contribution in [0.25, 0.3) is 0 Å². The lowest BCUT2D eigenvalue weighted by atomic mass is 9.52. The number of hydrogen-bond acceptors (Lipinski definition) is 4. The van der Waals surface area contributed by atoms with Crippen LogP contribution in [0.3, 0.4) is 0 Å². The highest BCUT2D eigenvalue weighted by molar-refractivity contribution is 5.92. The Labute approximate surface area is 282 Å². The maximum Gasteiger partial charge on any atom is 0.156 e. The van der Waals surface area contributed by atoms with Crippen LogP contribution in [0.5, 0.6) is 0 Å². The number of allylic oxidation sites excluding steroid dienone is 12. The molecule has 0 aromatic rings. The van der Waals surface area contributed by atoms with E-state index in [2.05, 4.69) is 76.0 Å². The number of fused-ring (bicyclic) bond motifs is 10. The van der Waals surface area contributed by atoms with Gasteiger partial charge in [0, 0.05) is 40.4 Å². The second kappa shape index (κ2) is 10.7. The third kappa shape index (κ3) is 4.33. The Morgan fingerprint density at radius 2 is 1.38 bits per heavy atom. The van der Waals surface area contributed by atoms with Crippen LogP contribution < -0.4 is 0 Å². The summed E-state index contributed by atoms with van der Waals surface area (Å²) in [6.45, 7) is 9.04. The van der Waals surface area contributed by atoms with Crippen LogP contribution in [0.1, 0.15) is 98.3 Å². The third-order valence-corrected chi connectivity index (χ3v) is 15.1. The van der Waals surface area contributed by atoms with Crippen molar-refractivity contribution in [2.75, 3.05) is 7.11 Å². The Hall–Kier alpha value is -3.05. The SMILES string of the molecule is C#C[C@]1(O)CCC2C3C=CC4=CC(=O)CC[C@]4(C)C3=CC[C@@]21C.C#C[C@]1(O)CCC2C3CC=C4C=C(OC)CC[C@]4(C)C3=CC[C@@]21C. The summed E-state index contributed by atoms with van der Waals surface area (Å²) in [5.41, 5.74) is 3.36. The fourth-order valence-electron chi connectivity index (χ4n) is 11.6. The molecule has 47 heavy (non-hydrogen) atoms. The summed E-state index contributed by atoms with van der Waals surface area (Å²) in [5, 5.41) is 21.9. The molecule has 0 spiro atoms. The van der Waals surface area contributed by atoms with Crippen molar-refractivity contribution in [1.29, 1.82) is 0 Å². The van der Waals surface area contributed by atoms with Crippen LogP contribution >= 0.6 is 0 Å². The quantitative estimate of drug-likeness (QED) is 0.228. The number of ether oxygens (including phenoxy) is 1. The molecule has 10 atom stereocenters. The molecule has 0 amide bonds. The van der Waals surface area contributed by atoms with Crippen LogP contribution in [-0.2, 0) is 9.53 Å². The van der Waals surface area contributed by atoms with Gasteiger partial charge in [0.25, 0.3) is 0 Å². The molecule has 8 aliphatic carbocycles. The van der Waals surface area contributed by atoms with Gasteiger partial charge >= 0.3 is 0 Å². The van der Waals surface area contributed by atoms with Crippen molar-refractivity contribution in [2.45, 2.75) is 110 Å². The van der Waals surface area contributed by atoms with Gasteiger partial charge in [0.15, 0.2) is 5.78 Å².